The number of phenols is 1. The number of nitrogens with zero attached hydrogens (tertiary/aromatic N) is 1. The van der Waals surface area contributed by atoms with Crippen LogP contribution in [0.25, 0.3) is 0 Å². The summed E-state index contributed by atoms with van der Waals surface area (Å²) in [4.78, 5) is 15.4. The van der Waals surface area contributed by atoms with E-state index in [0.29, 0.717) is 25.0 Å². The van der Waals surface area contributed by atoms with Gasteiger partial charge in [-0.15, -0.1) is 12.4 Å². The molecule has 5 aliphatic rings. The molecule has 0 radical (unpaired) electrons. The fourth-order valence-corrected chi connectivity index (χ4v) is 8.13. The third-order valence-electron chi connectivity index (χ3n) is 9.05. The van der Waals surface area contributed by atoms with Gasteiger partial charge in [0.2, 0.25) is 5.91 Å². The summed E-state index contributed by atoms with van der Waals surface area (Å²) in [6, 6.07) is 5.61. The second-order valence-electron chi connectivity index (χ2n) is 10.8. The van der Waals surface area contributed by atoms with Gasteiger partial charge < -0.3 is 20.3 Å². The number of thiophene rings is 1. The van der Waals surface area contributed by atoms with Crippen molar-refractivity contribution in [1.82, 2.24) is 10.2 Å². The molecule has 1 saturated heterocycles. The Morgan fingerprint density at radius 3 is 2.85 bits per heavy atom. The van der Waals surface area contributed by atoms with Crippen LogP contribution in [0.2, 0.25) is 0 Å². The average Bonchev–Trinajstić information content (AvgIpc) is 3.31. The first kappa shape index (κ1) is 22.7. The summed E-state index contributed by atoms with van der Waals surface area (Å²) in [6.07, 6.45) is 5.47. The maximum absolute atomic E-state index is 12.9. The molecule has 0 unspecified atom stereocenters. The first-order valence-corrected chi connectivity index (χ1v) is 13.2. The second-order valence-corrected chi connectivity index (χ2v) is 11.6. The summed E-state index contributed by atoms with van der Waals surface area (Å²) in [5.74, 6) is 1.43. The Balaban J connectivity index is 0.00000217. The number of carbonyl (C=O) groups excluding carboxylic acids is 1. The van der Waals surface area contributed by atoms with Crippen LogP contribution in [0.3, 0.4) is 0 Å². The summed E-state index contributed by atoms with van der Waals surface area (Å²) in [5.41, 5.74) is 1.72. The molecule has 34 heavy (non-hydrogen) atoms. The van der Waals surface area contributed by atoms with Crippen molar-refractivity contribution in [2.75, 3.05) is 13.1 Å². The Hall–Kier alpha value is -1.80. The number of aromatic hydroxyl groups is 1. The molecule has 2 aromatic rings. The van der Waals surface area contributed by atoms with Gasteiger partial charge in [-0.3, -0.25) is 9.69 Å². The number of hydrogen-bond donors (Lipinski definition) is 3. The maximum Gasteiger partial charge on any atom is 0.224 e. The highest BCUT2D eigenvalue weighted by Gasteiger charge is 2.73. The number of piperidine rings is 1. The SMILES string of the molecule is Cl.O=C(Cc1ccsc1)N[C@@H]1CC[C@@]2(O)[C@H]3Cc4ccc(O)c5c4[C@@]2(CCN3CC2CC2)[C@H]1O5. The predicted molar refractivity (Wildman–Crippen MR) is 132 cm³/mol. The molecule has 1 aromatic carbocycles. The molecule has 1 amide bonds. The van der Waals surface area contributed by atoms with Crippen molar-refractivity contribution in [2.45, 2.75) is 74.1 Å². The van der Waals surface area contributed by atoms with Gasteiger partial charge in [0.05, 0.1) is 23.5 Å². The van der Waals surface area contributed by atoms with Crippen molar-refractivity contribution >= 4 is 29.7 Å². The number of carbonyl (C=O) groups is 1. The number of halogens is 1. The zero-order chi connectivity index (χ0) is 22.4. The highest BCUT2D eigenvalue weighted by Crippen LogP contribution is 2.65. The Kier molecular flexibility index (Phi) is 5.23. The number of aliphatic hydroxyl groups is 1. The molecule has 2 saturated carbocycles. The molecular weight excluding hydrogens is 472 g/mol. The first-order chi connectivity index (χ1) is 16.0. The zero-order valence-electron chi connectivity index (χ0n) is 19.0. The number of likely N-dealkylation sites (tertiary alicyclic amines) is 1. The number of ether oxygens (including phenoxy) is 1. The van der Waals surface area contributed by atoms with Crippen LogP contribution in [-0.4, -0.2) is 57.9 Å². The molecule has 3 fully saturated rings. The lowest BCUT2D eigenvalue weighted by atomic mass is 9.48. The molecule has 6 nitrogen and oxygen atoms in total. The third-order valence-corrected chi connectivity index (χ3v) is 9.79. The number of phenolic OH excluding ortho intramolecular Hbond substituents is 1. The molecular formula is C26H31ClN2O4S. The second kappa shape index (κ2) is 7.85. The van der Waals surface area contributed by atoms with E-state index in [1.807, 2.05) is 22.9 Å². The van der Waals surface area contributed by atoms with E-state index in [4.69, 9.17) is 4.74 Å². The molecule has 7 rings (SSSR count). The molecule has 5 atom stereocenters. The Labute approximate surface area is 209 Å². The number of nitrogens with one attached hydrogen (secondary N) is 1. The van der Waals surface area contributed by atoms with E-state index in [1.54, 1.807) is 17.4 Å². The molecule has 8 heteroatoms. The lowest BCUT2D eigenvalue weighted by Crippen LogP contribution is -2.78. The van der Waals surface area contributed by atoms with E-state index in [-0.39, 0.29) is 42.3 Å². The quantitative estimate of drug-likeness (QED) is 0.585. The molecule has 1 spiro atoms. The zero-order valence-corrected chi connectivity index (χ0v) is 20.7. The van der Waals surface area contributed by atoms with Crippen molar-refractivity contribution in [3.8, 4) is 11.5 Å². The van der Waals surface area contributed by atoms with Crippen molar-refractivity contribution in [3.05, 3.63) is 45.6 Å². The predicted octanol–water partition coefficient (Wildman–Crippen LogP) is 3.17. The van der Waals surface area contributed by atoms with E-state index in [2.05, 4.69) is 10.2 Å². The molecule has 2 bridgehead atoms. The topological polar surface area (TPSA) is 82.0 Å². The van der Waals surface area contributed by atoms with Crippen LogP contribution in [0.5, 0.6) is 11.5 Å². The largest absolute Gasteiger partial charge is 0.504 e. The van der Waals surface area contributed by atoms with Gasteiger partial charge in [-0.25, -0.2) is 0 Å². The van der Waals surface area contributed by atoms with Crippen LogP contribution >= 0.6 is 23.7 Å². The van der Waals surface area contributed by atoms with Gasteiger partial charge in [0.1, 0.15) is 6.10 Å². The highest BCUT2D eigenvalue weighted by molar-refractivity contribution is 7.08. The highest BCUT2D eigenvalue weighted by atomic mass is 35.5. The monoisotopic (exact) mass is 502 g/mol. The number of benzene rings is 1. The van der Waals surface area contributed by atoms with E-state index < -0.39 is 11.0 Å². The standard InChI is InChI=1S/C26H30N2O4S.ClH/c29-19-4-3-17-12-20-26(31)7-5-18(27-21(30)11-16-6-10-33-14-16)24-25(26,22(17)23(19)32-24)8-9-28(20)13-15-1-2-15;/h3-4,6,10,14-15,18,20,24,29,31H,1-2,5,7-9,11-13H2,(H,27,30);1H/t18-,20-,24+,25+,26-;/m1./s1. The first-order valence-electron chi connectivity index (χ1n) is 12.3. The fourth-order valence-electron chi connectivity index (χ4n) is 7.47. The Morgan fingerprint density at radius 1 is 1.24 bits per heavy atom. The van der Waals surface area contributed by atoms with Crippen LogP contribution in [0, 0.1) is 5.92 Å². The Morgan fingerprint density at radius 2 is 2.09 bits per heavy atom. The van der Waals surface area contributed by atoms with Gasteiger partial charge in [-0.05, 0) is 85.0 Å². The van der Waals surface area contributed by atoms with Crippen LogP contribution < -0.4 is 10.1 Å². The van der Waals surface area contributed by atoms with Crippen molar-refractivity contribution in [2.24, 2.45) is 5.92 Å². The van der Waals surface area contributed by atoms with Crippen LogP contribution in [-0.2, 0) is 23.1 Å². The Bertz CT molecular complexity index is 1120. The minimum Gasteiger partial charge on any atom is -0.504 e. The minimum absolute atomic E-state index is 0. The van der Waals surface area contributed by atoms with Gasteiger partial charge >= 0.3 is 0 Å². The van der Waals surface area contributed by atoms with Gasteiger partial charge in [0.25, 0.3) is 0 Å². The smallest absolute Gasteiger partial charge is 0.224 e. The average molecular weight is 503 g/mol. The summed E-state index contributed by atoms with van der Waals surface area (Å²) in [7, 11) is 0. The molecule has 3 heterocycles. The number of amides is 1. The van der Waals surface area contributed by atoms with Crippen LogP contribution in [0.15, 0.2) is 29.0 Å². The van der Waals surface area contributed by atoms with E-state index >= 15 is 0 Å². The lowest BCUT2D eigenvalue weighted by molar-refractivity contribution is -0.192. The van der Waals surface area contributed by atoms with E-state index in [9.17, 15) is 15.0 Å². The maximum atomic E-state index is 12.9. The van der Waals surface area contributed by atoms with Crippen LogP contribution in [0.4, 0.5) is 0 Å². The van der Waals surface area contributed by atoms with Gasteiger partial charge in [-0.1, -0.05) is 6.07 Å². The van der Waals surface area contributed by atoms with Crippen molar-refractivity contribution in [1.29, 1.82) is 0 Å². The molecule has 2 aliphatic heterocycles. The summed E-state index contributed by atoms with van der Waals surface area (Å²) >= 11 is 1.59. The van der Waals surface area contributed by atoms with E-state index in [1.165, 1.54) is 18.4 Å². The molecule has 3 N–H and O–H groups in total. The van der Waals surface area contributed by atoms with Gasteiger partial charge in [0.15, 0.2) is 11.5 Å². The number of rotatable bonds is 5. The third kappa shape index (κ3) is 3.03. The minimum atomic E-state index is -0.911. The van der Waals surface area contributed by atoms with E-state index in [0.717, 1.165) is 43.0 Å². The molecule has 182 valence electrons. The lowest BCUT2D eigenvalue weighted by Gasteiger charge is -2.64. The summed E-state index contributed by atoms with van der Waals surface area (Å²) in [5, 5.41) is 30.4. The summed E-state index contributed by atoms with van der Waals surface area (Å²) < 4.78 is 6.51. The normalized spacial score (nSPS) is 35.1. The molecule has 1 aromatic heterocycles. The molecule has 3 aliphatic carbocycles. The number of hydrogen-bond acceptors (Lipinski definition) is 6. The van der Waals surface area contributed by atoms with Crippen LogP contribution in [0.1, 0.15) is 48.8 Å². The van der Waals surface area contributed by atoms with Gasteiger partial charge in [0, 0.05) is 18.2 Å². The van der Waals surface area contributed by atoms with Crippen molar-refractivity contribution < 1.29 is 19.7 Å². The fraction of sp³-hybridized carbons (Fsp3) is 0.577. The van der Waals surface area contributed by atoms with Crippen molar-refractivity contribution in [3.63, 3.8) is 0 Å². The summed E-state index contributed by atoms with van der Waals surface area (Å²) in [6.45, 7) is 1.99. The van der Waals surface area contributed by atoms with Gasteiger partial charge in [-0.2, -0.15) is 11.3 Å².